The number of hydrogen-bond acceptors (Lipinski definition) is 3. The molecule has 0 spiro atoms. The van der Waals surface area contributed by atoms with Gasteiger partial charge in [0, 0.05) is 19.5 Å². The van der Waals surface area contributed by atoms with E-state index in [0.29, 0.717) is 18.1 Å². The number of carbonyl (C=O) groups is 1. The molecule has 1 heterocycles. The minimum Gasteiger partial charge on any atom is -0.426 e. The van der Waals surface area contributed by atoms with Crippen LogP contribution in [0.1, 0.15) is 36.8 Å². The number of guanidine groups is 1. The van der Waals surface area contributed by atoms with Crippen LogP contribution in [0.5, 0.6) is 5.75 Å². The van der Waals surface area contributed by atoms with Crippen LogP contribution in [0.3, 0.4) is 0 Å². The number of ether oxygens (including phenoxy) is 1. The normalized spacial score (nSPS) is 15.0. The minimum atomic E-state index is -0.161. The van der Waals surface area contributed by atoms with Crippen LogP contribution in [-0.4, -0.2) is 29.9 Å². The van der Waals surface area contributed by atoms with Crippen molar-refractivity contribution in [3.8, 4) is 5.75 Å². The highest BCUT2D eigenvalue weighted by atomic mass is 35.5. The van der Waals surface area contributed by atoms with E-state index in [9.17, 15) is 4.79 Å². The fourth-order valence-electron chi connectivity index (χ4n) is 2.91. The fraction of sp³-hybridized carbons (Fsp3) is 0.529. The van der Waals surface area contributed by atoms with E-state index in [0.717, 1.165) is 43.5 Å². The lowest BCUT2D eigenvalue weighted by atomic mass is 9.92. The lowest BCUT2D eigenvalue weighted by Crippen LogP contribution is -2.42. The SMILES string of the molecule is Cc1cccc(C)c1OC(=O)CCC1CCN(C(=N)N)CC1.Cl. The number of carbonyl (C=O) groups excluding carboxylic acids is 1. The molecule has 1 aliphatic rings. The summed E-state index contributed by atoms with van der Waals surface area (Å²) in [4.78, 5) is 13.9. The summed E-state index contributed by atoms with van der Waals surface area (Å²) in [6, 6.07) is 5.87. The van der Waals surface area contributed by atoms with E-state index in [4.69, 9.17) is 15.9 Å². The molecule has 128 valence electrons. The highest BCUT2D eigenvalue weighted by molar-refractivity contribution is 5.85. The molecule has 1 saturated heterocycles. The van der Waals surface area contributed by atoms with Gasteiger partial charge in [0.15, 0.2) is 5.96 Å². The molecule has 0 saturated carbocycles. The Hall–Kier alpha value is -1.75. The number of benzene rings is 1. The van der Waals surface area contributed by atoms with E-state index in [-0.39, 0.29) is 24.3 Å². The molecule has 1 fully saturated rings. The van der Waals surface area contributed by atoms with E-state index in [1.807, 2.05) is 36.9 Å². The third kappa shape index (κ3) is 5.43. The summed E-state index contributed by atoms with van der Waals surface area (Å²) < 4.78 is 5.52. The highest BCUT2D eigenvalue weighted by Gasteiger charge is 2.21. The maximum Gasteiger partial charge on any atom is 0.311 e. The Morgan fingerprint density at radius 2 is 1.87 bits per heavy atom. The van der Waals surface area contributed by atoms with Crippen molar-refractivity contribution < 1.29 is 9.53 Å². The largest absolute Gasteiger partial charge is 0.426 e. The van der Waals surface area contributed by atoms with Crippen LogP contribution in [0.25, 0.3) is 0 Å². The van der Waals surface area contributed by atoms with Crippen molar-refractivity contribution in [2.45, 2.75) is 39.5 Å². The van der Waals surface area contributed by atoms with E-state index in [1.54, 1.807) is 0 Å². The molecule has 0 radical (unpaired) electrons. The number of rotatable bonds is 4. The Morgan fingerprint density at radius 1 is 1.30 bits per heavy atom. The summed E-state index contributed by atoms with van der Waals surface area (Å²) in [5.41, 5.74) is 7.46. The Kier molecular flexibility index (Phi) is 7.36. The summed E-state index contributed by atoms with van der Waals surface area (Å²) in [5, 5.41) is 7.42. The van der Waals surface area contributed by atoms with Crippen LogP contribution in [-0.2, 0) is 4.79 Å². The molecule has 3 N–H and O–H groups in total. The second kappa shape index (κ2) is 8.77. The second-order valence-corrected chi connectivity index (χ2v) is 6.05. The van der Waals surface area contributed by atoms with Gasteiger partial charge in [0.1, 0.15) is 5.75 Å². The van der Waals surface area contributed by atoms with Gasteiger partial charge in [-0.2, -0.15) is 0 Å². The molecule has 0 atom stereocenters. The van der Waals surface area contributed by atoms with Crippen LogP contribution >= 0.6 is 12.4 Å². The van der Waals surface area contributed by atoms with Crippen molar-refractivity contribution in [1.82, 2.24) is 4.90 Å². The van der Waals surface area contributed by atoms with E-state index in [2.05, 4.69) is 0 Å². The maximum atomic E-state index is 12.0. The van der Waals surface area contributed by atoms with Gasteiger partial charge in [0.05, 0.1) is 0 Å². The molecular weight excluding hydrogens is 314 g/mol. The average molecular weight is 340 g/mol. The summed E-state index contributed by atoms with van der Waals surface area (Å²) in [5.74, 6) is 1.19. The molecule has 0 amide bonds. The molecular formula is C17H26ClN3O2. The quantitative estimate of drug-likeness (QED) is 0.382. The topological polar surface area (TPSA) is 79.4 Å². The van der Waals surface area contributed by atoms with Crippen molar-refractivity contribution in [1.29, 1.82) is 5.41 Å². The predicted molar refractivity (Wildman–Crippen MR) is 94.2 cm³/mol. The molecule has 0 aliphatic carbocycles. The Labute approximate surface area is 144 Å². The van der Waals surface area contributed by atoms with Gasteiger partial charge in [0.2, 0.25) is 0 Å². The molecule has 0 bridgehead atoms. The number of nitrogens with two attached hydrogens (primary N) is 1. The van der Waals surface area contributed by atoms with Crippen LogP contribution < -0.4 is 10.5 Å². The average Bonchev–Trinajstić information content (AvgIpc) is 2.49. The first-order valence-corrected chi connectivity index (χ1v) is 7.83. The standard InChI is InChI=1S/C17H25N3O2.ClH/c1-12-4-3-5-13(2)16(12)22-15(21)7-6-14-8-10-20(11-9-14)17(18)19;/h3-5,14H,6-11H2,1-2H3,(H3,18,19);1H. The summed E-state index contributed by atoms with van der Waals surface area (Å²) in [6.45, 7) is 5.53. The minimum absolute atomic E-state index is 0. The third-order valence-electron chi connectivity index (χ3n) is 4.34. The summed E-state index contributed by atoms with van der Waals surface area (Å²) in [6.07, 6.45) is 3.25. The Morgan fingerprint density at radius 3 is 2.39 bits per heavy atom. The van der Waals surface area contributed by atoms with Crippen LogP contribution in [0.4, 0.5) is 0 Å². The molecule has 0 aromatic heterocycles. The first-order valence-electron chi connectivity index (χ1n) is 7.83. The second-order valence-electron chi connectivity index (χ2n) is 6.05. The number of nitrogens with one attached hydrogen (secondary N) is 1. The van der Waals surface area contributed by atoms with Crippen molar-refractivity contribution in [2.24, 2.45) is 11.7 Å². The van der Waals surface area contributed by atoms with Gasteiger partial charge in [-0.15, -0.1) is 12.4 Å². The number of halogens is 1. The van der Waals surface area contributed by atoms with E-state index >= 15 is 0 Å². The third-order valence-corrected chi connectivity index (χ3v) is 4.34. The number of hydrogen-bond donors (Lipinski definition) is 2. The number of aryl methyl sites for hydroxylation is 2. The zero-order valence-electron chi connectivity index (χ0n) is 13.8. The van der Waals surface area contributed by atoms with Crippen LogP contribution in [0.2, 0.25) is 0 Å². The molecule has 0 unspecified atom stereocenters. The zero-order valence-corrected chi connectivity index (χ0v) is 14.6. The van der Waals surface area contributed by atoms with Gasteiger partial charge in [-0.1, -0.05) is 18.2 Å². The van der Waals surface area contributed by atoms with Crippen molar-refractivity contribution >= 4 is 24.3 Å². The molecule has 6 heteroatoms. The molecule has 1 aliphatic heterocycles. The van der Waals surface area contributed by atoms with Gasteiger partial charge in [0.25, 0.3) is 0 Å². The van der Waals surface area contributed by atoms with Gasteiger partial charge in [-0.25, -0.2) is 0 Å². The van der Waals surface area contributed by atoms with Gasteiger partial charge in [-0.05, 0) is 50.2 Å². The Balaban J connectivity index is 0.00000264. The van der Waals surface area contributed by atoms with Gasteiger partial charge < -0.3 is 15.4 Å². The first kappa shape index (κ1) is 19.3. The fourth-order valence-corrected chi connectivity index (χ4v) is 2.91. The Bertz CT molecular complexity index is 535. The number of piperidine rings is 1. The lowest BCUT2D eigenvalue weighted by molar-refractivity contribution is -0.134. The molecule has 5 nitrogen and oxygen atoms in total. The van der Waals surface area contributed by atoms with Crippen molar-refractivity contribution in [3.05, 3.63) is 29.3 Å². The molecule has 23 heavy (non-hydrogen) atoms. The predicted octanol–water partition coefficient (Wildman–Crippen LogP) is 3.02. The van der Waals surface area contributed by atoms with E-state index < -0.39 is 0 Å². The first-order chi connectivity index (χ1) is 10.5. The summed E-state index contributed by atoms with van der Waals surface area (Å²) >= 11 is 0. The maximum absolute atomic E-state index is 12.0. The zero-order chi connectivity index (χ0) is 16.1. The monoisotopic (exact) mass is 339 g/mol. The number of likely N-dealkylation sites (tertiary alicyclic amines) is 1. The van der Waals surface area contributed by atoms with Gasteiger partial charge >= 0.3 is 5.97 Å². The highest BCUT2D eigenvalue weighted by Crippen LogP contribution is 2.25. The smallest absolute Gasteiger partial charge is 0.311 e. The number of para-hydroxylation sites is 1. The lowest BCUT2D eigenvalue weighted by Gasteiger charge is -2.32. The summed E-state index contributed by atoms with van der Waals surface area (Å²) in [7, 11) is 0. The molecule has 1 aromatic carbocycles. The van der Waals surface area contributed by atoms with Crippen LogP contribution in [0, 0.1) is 25.2 Å². The number of esters is 1. The van der Waals surface area contributed by atoms with E-state index in [1.165, 1.54) is 0 Å². The van der Waals surface area contributed by atoms with Crippen molar-refractivity contribution in [3.63, 3.8) is 0 Å². The number of nitrogens with zero attached hydrogens (tertiary/aromatic N) is 1. The van der Waals surface area contributed by atoms with Crippen LogP contribution in [0.15, 0.2) is 18.2 Å². The van der Waals surface area contributed by atoms with Gasteiger partial charge in [-0.3, -0.25) is 10.2 Å². The van der Waals surface area contributed by atoms with Crippen molar-refractivity contribution in [2.75, 3.05) is 13.1 Å². The molecule has 2 rings (SSSR count). The molecule has 1 aromatic rings.